The van der Waals surface area contributed by atoms with Crippen molar-refractivity contribution in [3.05, 3.63) is 29.8 Å². The Bertz CT molecular complexity index is 675. The molecule has 0 heterocycles. The van der Waals surface area contributed by atoms with Crippen LogP contribution in [0.15, 0.2) is 23.6 Å². The van der Waals surface area contributed by atoms with E-state index >= 15 is 0 Å². The van der Waals surface area contributed by atoms with E-state index in [9.17, 15) is 13.0 Å². The summed E-state index contributed by atoms with van der Waals surface area (Å²) in [6, 6.07) is 3.76. The van der Waals surface area contributed by atoms with Gasteiger partial charge in [0.15, 0.2) is 0 Å². The van der Waals surface area contributed by atoms with Gasteiger partial charge in [0.1, 0.15) is 4.90 Å². The summed E-state index contributed by atoms with van der Waals surface area (Å²) in [6.07, 6.45) is 1.52. The Morgan fingerprint density at radius 2 is 1.61 bits per heavy atom. The minimum Gasteiger partial charge on any atom is -0.282 e. The third kappa shape index (κ3) is 4.34. The highest BCUT2D eigenvalue weighted by Crippen LogP contribution is 2.31. The Labute approximate surface area is 143 Å². The lowest BCUT2D eigenvalue weighted by Gasteiger charge is -2.33. The minimum absolute atomic E-state index is 0.0824. The Hall–Kier alpha value is -0.913. The van der Waals surface area contributed by atoms with Gasteiger partial charge in [0, 0.05) is 0 Å². The molecular formula is C18H30O3SSi. The highest BCUT2D eigenvalue weighted by atomic mass is 32.2. The van der Waals surface area contributed by atoms with Gasteiger partial charge in [-0.1, -0.05) is 73.3 Å². The predicted octanol–water partition coefficient (Wildman–Crippen LogP) is 4.13. The first-order valence-electron chi connectivity index (χ1n) is 8.09. The molecule has 0 aliphatic heterocycles. The molecule has 0 saturated carbocycles. The van der Waals surface area contributed by atoms with Gasteiger partial charge < -0.3 is 0 Å². The highest BCUT2D eigenvalue weighted by molar-refractivity contribution is 7.86. The molecule has 130 valence electrons. The van der Waals surface area contributed by atoms with Gasteiger partial charge in [-0.05, 0) is 32.8 Å². The van der Waals surface area contributed by atoms with Crippen LogP contribution in [0.3, 0.4) is 0 Å². The van der Waals surface area contributed by atoms with E-state index in [1.807, 2.05) is 6.07 Å². The van der Waals surface area contributed by atoms with Gasteiger partial charge in [0.25, 0.3) is 10.1 Å². The van der Waals surface area contributed by atoms with Gasteiger partial charge >= 0.3 is 0 Å². The van der Waals surface area contributed by atoms with Gasteiger partial charge in [-0.15, -0.1) is 0 Å². The average molecular weight is 355 g/mol. The van der Waals surface area contributed by atoms with Gasteiger partial charge in [-0.25, -0.2) is 0 Å². The second-order valence-electron chi connectivity index (χ2n) is 7.89. The second-order valence-corrected chi connectivity index (χ2v) is 13.5. The second kappa shape index (κ2) is 6.91. The van der Waals surface area contributed by atoms with E-state index in [-0.39, 0.29) is 10.3 Å². The van der Waals surface area contributed by atoms with Crippen molar-refractivity contribution in [3.8, 4) is 0 Å². The summed E-state index contributed by atoms with van der Waals surface area (Å²) < 4.78 is 34.3. The van der Waals surface area contributed by atoms with Crippen molar-refractivity contribution in [2.45, 2.75) is 69.9 Å². The summed E-state index contributed by atoms with van der Waals surface area (Å²) in [5.41, 5.74) is 2.10. The first kappa shape index (κ1) is 20.1. The van der Waals surface area contributed by atoms with Gasteiger partial charge in [-0.3, -0.25) is 4.55 Å². The van der Waals surface area contributed by atoms with Crippen molar-refractivity contribution in [2.75, 3.05) is 0 Å². The van der Waals surface area contributed by atoms with E-state index < -0.39 is 18.9 Å². The molecule has 3 nitrogen and oxygen atoms in total. The van der Waals surface area contributed by atoms with Gasteiger partial charge in [-0.2, -0.15) is 8.42 Å². The maximum atomic E-state index is 12.2. The Balaban J connectivity index is 4.04. The largest absolute Gasteiger partial charge is 0.294 e. The molecule has 0 saturated heterocycles. The maximum Gasteiger partial charge on any atom is 0.294 e. The van der Waals surface area contributed by atoms with Gasteiger partial charge in [0.05, 0.1) is 8.80 Å². The summed E-state index contributed by atoms with van der Waals surface area (Å²) in [5, 5.41) is 0.877. The Morgan fingerprint density at radius 3 is 1.91 bits per heavy atom. The molecule has 0 unspecified atom stereocenters. The molecular weight excluding hydrogens is 324 g/mol. The quantitative estimate of drug-likeness (QED) is 0.639. The van der Waals surface area contributed by atoms with Crippen LogP contribution < -0.4 is 5.19 Å². The zero-order valence-electron chi connectivity index (χ0n) is 15.3. The first-order valence-corrected chi connectivity index (χ1v) is 11.4. The molecule has 0 radical (unpaired) electrons. The number of benzene rings is 1. The van der Waals surface area contributed by atoms with Crippen LogP contribution in [-0.2, 0) is 15.5 Å². The van der Waals surface area contributed by atoms with E-state index in [0.29, 0.717) is 16.6 Å². The number of hydrogen-bond donors (Lipinski definition) is 1. The Morgan fingerprint density at radius 1 is 1.13 bits per heavy atom. The summed E-state index contributed by atoms with van der Waals surface area (Å²) in [4.78, 5) is 0.0824. The molecule has 1 N–H and O–H groups in total. The van der Waals surface area contributed by atoms with Crippen LogP contribution in [0.1, 0.15) is 59.6 Å². The molecule has 0 amide bonds. The van der Waals surface area contributed by atoms with E-state index in [1.165, 1.54) is 6.08 Å². The molecule has 5 heteroatoms. The lowest BCUT2D eigenvalue weighted by Crippen LogP contribution is -2.44. The van der Waals surface area contributed by atoms with Crippen molar-refractivity contribution < 1.29 is 13.0 Å². The Kier molecular flexibility index (Phi) is 6.05. The summed E-state index contributed by atoms with van der Waals surface area (Å²) in [6.45, 7) is 18.6. The monoisotopic (exact) mass is 354 g/mol. The molecule has 0 spiro atoms. The molecule has 1 aromatic carbocycles. The van der Waals surface area contributed by atoms with Crippen LogP contribution in [0.5, 0.6) is 0 Å². The van der Waals surface area contributed by atoms with Crippen molar-refractivity contribution in [3.63, 3.8) is 0 Å². The predicted molar refractivity (Wildman–Crippen MR) is 102 cm³/mol. The van der Waals surface area contributed by atoms with E-state index in [4.69, 9.17) is 0 Å². The lowest BCUT2D eigenvalue weighted by molar-refractivity contribution is 0.483. The van der Waals surface area contributed by atoms with E-state index in [1.54, 1.807) is 6.07 Å². The molecule has 0 bridgehead atoms. The normalized spacial score (nSPS) is 13.2. The molecule has 0 fully saturated rings. The van der Waals surface area contributed by atoms with E-state index in [0.717, 1.165) is 10.8 Å². The molecule has 23 heavy (non-hydrogen) atoms. The highest BCUT2D eigenvalue weighted by Gasteiger charge is 2.34. The third-order valence-electron chi connectivity index (χ3n) is 4.28. The van der Waals surface area contributed by atoms with Crippen LogP contribution in [0.4, 0.5) is 0 Å². The number of hydrogen-bond acceptors (Lipinski definition) is 2. The molecule has 1 aromatic rings. The summed E-state index contributed by atoms with van der Waals surface area (Å²) >= 11 is 0. The molecule has 0 aliphatic carbocycles. The average Bonchev–Trinajstić information content (AvgIpc) is 2.34. The summed E-state index contributed by atoms with van der Waals surface area (Å²) in [5.74, 6) is 0. The molecule has 0 atom stereocenters. The fourth-order valence-corrected chi connectivity index (χ4v) is 9.41. The standard InChI is InChI=1S/C18H30O3SSi/c1-9-14-10-11-15(18(6,7)8)17(16(14)22(19,20)21)23(12(2)3)13(4)5/h9-13,23H,1H2,2-8H3,(H,19,20,21). The topological polar surface area (TPSA) is 54.4 Å². The summed E-state index contributed by atoms with van der Waals surface area (Å²) in [7, 11) is -5.95. The van der Waals surface area contributed by atoms with E-state index in [2.05, 4.69) is 55.0 Å². The molecule has 0 aliphatic rings. The van der Waals surface area contributed by atoms with Crippen molar-refractivity contribution in [2.24, 2.45) is 0 Å². The molecule has 1 rings (SSSR count). The van der Waals surface area contributed by atoms with Crippen LogP contribution >= 0.6 is 0 Å². The van der Waals surface area contributed by atoms with Crippen LogP contribution in [0.2, 0.25) is 11.1 Å². The van der Waals surface area contributed by atoms with Crippen molar-refractivity contribution in [1.29, 1.82) is 0 Å². The zero-order valence-corrected chi connectivity index (χ0v) is 17.3. The molecule has 0 aromatic heterocycles. The SMILES string of the molecule is C=Cc1ccc(C(C)(C)C)c([SiH](C(C)C)C(C)C)c1S(=O)(=O)O. The maximum absolute atomic E-state index is 12.2. The minimum atomic E-state index is -4.31. The fourth-order valence-electron chi connectivity index (χ4n) is 3.49. The smallest absolute Gasteiger partial charge is 0.282 e. The van der Waals surface area contributed by atoms with Crippen LogP contribution in [0, 0.1) is 0 Å². The first-order chi connectivity index (χ1) is 10.3. The third-order valence-corrected chi connectivity index (χ3v) is 9.60. The zero-order chi connectivity index (χ0) is 18.2. The van der Waals surface area contributed by atoms with Crippen LogP contribution in [0.25, 0.3) is 6.08 Å². The number of rotatable bonds is 5. The van der Waals surface area contributed by atoms with Crippen LogP contribution in [-0.4, -0.2) is 21.8 Å². The lowest BCUT2D eigenvalue weighted by atomic mass is 9.86. The van der Waals surface area contributed by atoms with Gasteiger partial charge in [0.2, 0.25) is 0 Å². The fraction of sp³-hybridized carbons (Fsp3) is 0.556. The van der Waals surface area contributed by atoms with Crippen molar-refractivity contribution >= 4 is 30.2 Å². The van der Waals surface area contributed by atoms with Crippen molar-refractivity contribution in [1.82, 2.24) is 0 Å².